The second kappa shape index (κ2) is 7.97. The van der Waals surface area contributed by atoms with Crippen molar-refractivity contribution in [2.45, 2.75) is 62.4 Å². The van der Waals surface area contributed by atoms with Crippen LogP contribution in [-0.2, 0) is 0 Å². The zero-order valence-electron chi connectivity index (χ0n) is 17.6. The third kappa shape index (κ3) is 3.54. The van der Waals surface area contributed by atoms with Crippen molar-refractivity contribution in [1.82, 2.24) is 15.3 Å². The summed E-state index contributed by atoms with van der Waals surface area (Å²) in [4.78, 5) is 25.4. The monoisotopic (exact) mass is 437 g/mol. The van der Waals surface area contributed by atoms with E-state index in [9.17, 15) is 4.79 Å². The SMILES string of the molecule is Cc1sc2ncnc(Sc3ccccc3C(=O)NC(C)C3CC4CCC3C4)c2c1C. The quantitative estimate of drug-likeness (QED) is 0.496. The van der Waals surface area contributed by atoms with Crippen LogP contribution in [0.25, 0.3) is 10.2 Å². The summed E-state index contributed by atoms with van der Waals surface area (Å²) in [5.74, 6) is 2.34. The van der Waals surface area contributed by atoms with E-state index in [1.54, 1.807) is 29.4 Å². The van der Waals surface area contributed by atoms with Crippen LogP contribution in [0.3, 0.4) is 0 Å². The molecule has 1 amide bonds. The number of carbonyl (C=O) groups excluding carboxylic acids is 1. The first-order valence-corrected chi connectivity index (χ1v) is 12.4. The predicted molar refractivity (Wildman–Crippen MR) is 123 cm³/mol. The third-order valence-corrected chi connectivity index (χ3v) is 9.26. The lowest BCUT2D eigenvalue weighted by molar-refractivity contribution is 0.0912. The molecular formula is C24H27N3OS2. The van der Waals surface area contributed by atoms with Gasteiger partial charge in [0.05, 0.1) is 5.56 Å². The Morgan fingerprint density at radius 3 is 2.80 bits per heavy atom. The van der Waals surface area contributed by atoms with Crippen molar-refractivity contribution in [3.8, 4) is 0 Å². The maximum Gasteiger partial charge on any atom is 0.252 e. The van der Waals surface area contributed by atoms with Gasteiger partial charge >= 0.3 is 0 Å². The maximum atomic E-state index is 13.2. The summed E-state index contributed by atoms with van der Waals surface area (Å²) in [6, 6.07) is 8.09. The zero-order chi connectivity index (χ0) is 20.8. The van der Waals surface area contributed by atoms with Crippen LogP contribution in [0.4, 0.5) is 0 Å². The number of rotatable bonds is 5. The number of carbonyl (C=O) groups is 1. The summed E-state index contributed by atoms with van der Waals surface area (Å²) >= 11 is 3.26. The van der Waals surface area contributed by atoms with Gasteiger partial charge in [-0.1, -0.05) is 30.3 Å². The molecule has 0 radical (unpaired) electrons. The smallest absolute Gasteiger partial charge is 0.252 e. The minimum Gasteiger partial charge on any atom is -0.349 e. The molecule has 1 N–H and O–H groups in total. The molecule has 5 rings (SSSR count). The molecule has 4 atom stereocenters. The van der Waals surface area contributed by atoms with Crippen LogP contribution in [-0.4, -0.2) is 21.9 Å². The average Bonchev–Trinajstić information content (AvgIpc) is 3.44. The number of aromatic nitrogens is 2. The van der Waals surface area contributed by atoms with Gasteiger partial charge in [0.15, 0.2) is 0 Å². The summed E-state index contributed by atoms with van der Waals surface area (Å²) in [6.45, 7) is 6.43. The largest absolute Gasteiger partial charge is 0.349 e. The normalized spacial score (nSPS) is 23.8. The molecule has 4 nitrogen and oxygen atoms in total. The number of thiophene rings is 1. The van der Waals surface area contributed by atoms with Gasteiger partial charge in [-0.2, -0.15) is 0 Å². The number of nitrogens with one attached hydrogen (secondary N) is 1. The molecule has 2 bridgehead atoms. The predicted octanol–water partition coefficient (Wildman–Crippen LogP) is 6.01. The van der Waals surface area contributed by atoms with Gasteiger partial charge in [-0.05, 0) is 75.5 Å². The molecule has 0 saturated heterocycles. The summed E-state index contributed by atoms with van der Waals surface area (Å²) in [6.07, 6.45) is 6.99. The van der Waals surface area contributed by atoms with Gasteiger partial charge in [-0.3, -0.25) is 4.79 Å². The number of benzene rings is 1. The minimum absolute atomic E-state index is 0.0249. The Kier molecular flexibility index (Phi) is 5.31. The van der Waals surface area contributed by atoms with Crippen molar-refractivity contribution in [2.24, 2.45) is 17.8 Å². The zero-order valence-corrected chi connectivity index (χ0v) is 19.3. The molecular weight excluding hydrogens is 410 g/mol. The number of amides is 1. The van der Waals surface area contributed by atoms with Gasteiger partial charge in [-0.15, -0.1) is 11.3 Å². The van der Waals surface area contributed by atoms with Crippen molar-refractivity contribution in [3.63, 3.8) is 0 Å². The molecule has 3 aromatic rings. The summed E-state index contributed by atoms with van der Waals surface area (Å²) < 4.78 is 0. The Labute approximate surface area is 185 Å². The number of aryl methyl sites for hydroxylation is 2. The van der Waals surface area contributed by atoms with Gasteiger partial charge in [0.25, 0.3) is 5.91 Å². The van der Waals surface area contributed by atoms with Gasteiger partial charge in [0.1, 0.15) is 16.2 Å². The first-order valence-electron chi connectivity index (χ1n) is 10.8. The molecule has 2 heterocycles. The minimum atomic E-state index is 0.0249. The van der Waals surface area contributed by atoms with E-state index in [1.807, 2.05) is 24.3 Å². The Hall–Kier alpha value is -1.92. The Bertz CT molecular complexity index is 1110. The topological polar surface area (TPSA) is 54.9 Å². The van der Waals surface area contributed by atoms with Crippen LogP contribution in [0, 0.1) is 31.6 Å². The fourth-order valence-corrected chi connectivity index (χ4v) is 7.51. The molecule has 156 valence electrons. The fraction of sp³-hybridized carbons (Fsp3) is 0.458. The van der Waals surface area contributed by atoms with Crippen LogP contribution >= 0.6 is 23.1 Å². The van der Waals surface area contributed by atoms with E-state index in [0.29, 0.717) is 5.92 Å². The highest BCUT2D eigenvalue weighted by atomic mass is 32.2. The number of hydrogen-bond donors (Lipinski definition) is 1. The maximum absolute atomic E-state index is 13.2. The van der Waals surface area contributed by atoms with Gasteiger partial charge in [0.2, 0.25) is 0 Å². The standard InChI is InChI=1S/C24H27N3OS2/c1-13-15(3)29-23-21(13)24(26-12-25-23)30-20-7-5-4-6-18(20)22(28)27-14(2)19-11-16-8-9-17(19)10-16/h4-7,12,14,16-17,19H,8-11H2,1-3H3,(H,27,28). The van der Waals surface area contributed by atoms with Gasteiger partial charge in [-0.25, -0.2) is 9.97 Å². The van der Waals surface area contributed by atoms with Crippen molar-refractivity contribution >= 4 is 39.2 Å². The van der Waals surface area contributed by atoms with Crippen LogP contribution in [0.1, 0.15) is 53.4 Å². The first-order chi connectivity index (χ1) is 14.5. The lowest BCUT2D eigenvalue weighted by atomic mass is 9.84. The van der Waals surface area contributed by atoms with E-state index in [4.69, 9.17) is 0 Å². The Morgan fingerprint density at radius 2 is 2.03 bits per heavy atom. The third-order valence-electron chi connectivity index (χ3n) is 7.06. The van der Waals surface area contributed by atoms with Gasteiger partial charge in [0, 0.05) is 21.2 Å². The Morgan fingerprint density at radius 1 is 1.20 bits per heavy atom. The Balaban J connectivity index is 1.39. The van der Waals surface area contributed by atoms with Crippen molar-refractivity contribution < 1.29 is 4.79 Å². The molecule has 2 fully saturated rings. The second-order valence-electron chi connectivity index (χ2n) is 8.84. The van der Waals surface area contributed by atoms with Gasteiger partial charge < -0.3 is 5.32 Å². The van der Waals surface area contributed by atoms with E-state index in [1.165, 1.54) is 36.1 Å². The van der Waals surface area contributed by atoms with Crippen molar-refractivity contribution in [1.29, 1.82) is 0 Å². The molecule has 2 aliphatic rings. The lowest BCUT2D eigenvalue weighted by Gasteiger charge is -2.28. The fourth-order valence-electron chi connectivity index (χ4n) is 5.37. The van der Waals surface area contributed by atoms with E-state index >= 15 is 0 Å². The number of nitrogens with zero attached hydrogens (tertiary/aromatic N) is 2. The van der Waals surface area contributed by atoms with Crippen molar-refractivity contribution in [3.05, 3.63) is 46.6 Å². The number of fused-ring (bicyclic) bond motifs is 3. The van der Waals surface area contributed by atoms with Crippen molar-refractivity contribution in [2.75, 3.05) is 0 Å². The lowest BCUT2D eigenvalue weighted by Crippen LogP contribution is -2.40. The molecule has 2 aliphatic carbocycles. The average molecular weight is 438 g/mol. The molecule has 30 heavy (non-hydrogen) atoms. The van der Waals surface area contributed by atoms with E-state index in [0.717, 1.165) is 37.5 Å². The highest BCUT2D eigenvalue weighted by molar-refractivity contribution is 7.99. The molecule has 2 aromatic heterocycles. The van der Waals surface area contributed by atoms with E-state index in [2.05, 4.69) is 36.1 Å². The highest BCUT2D eigenvalue weighted by Gasteiger charge is 2.42. The van der Waals surface area contributed by atoms with E-state index in [-0.39, 0.29) is 11.9 Å². The summed E-state index contributed by atoms with van der Waals surface area (Å²) in [5, 5.41) is 5.35. The number of hydrogen-bond acceptors (Lipinski definition) is 5. The summed E-state index contributed by atoms with van der Waals surface area (Å²) in [5.41, 5.74) is 1.96. The molecule has 0 spiro atoms. The van der Waals surface area contributed by atoms with Crippen LogP contribution < -0.4 is 5.32 Å². The molecule has 1 aromatic carbocycles. The first kappa shape index (κ1) is 20.0. The van der Waals surface area contributed by atoms with Crippen LogP contribution in [0.5, 0.6) is 0 Å². The van der Waals surface area contributed by atoms with E-state index < -0.39 is 0 Å². The highest BCUT2D eigenvalue weighted by Crippen LogP contribution is 2.49. The molecule has 0 aliphatic heterocycles. The molecule has 4 unspecified atom stereocenters. The summed E-state index contributed by atoms with van der Waals surface area (Å²) in [7, 11) is 0. The van der Waals surface area contributed by atoms with Crippen LogP contribution in [0.15, 0.2) is 40.5 Å². The second-order valence-corrected chi connectivity index (χ2v) is 11.1. The molecule has 2 saturated carbocycles. The molecule has 6 heteroatoms. The van der Waals surface area contributed by atoms with Crippen LogP contribution in [0.2, 0.25) is 0 Å².